The van der Waals surface area contributed by atoms with E-state index in [1.54, 1.807) is 0 Å². The van der Waals surface area contributed by atoms with Crippen LogP contribution in [0.2, 0.25) is 0 Å². The first-order valence-electron chi connectivity index (χ1n) is 7.16. The zero-order chi connectivity index (χ0) is 12.5. The molecule has 0 radical (unpaired) electrons. The second-order valence-electron chi connectivity index (χ2n) is 5.57. The van der Waals surface area contributed by atoms with Crippen molar-refractivity contribution >= 4 is 17.2 Å². The molecular formula is C14H21N3S. The van der Waals surface area contributed by atoms with Crippen LogP contribution in [0.25, 0.3) is 0 Å². The van der Waals surface area contributed by atoms with Crippen molar-refractivity contribution in [2.24, 2.45) is 5.73 Å². The molecule has 0 saturated heterocycles. The average molecular weight is 263 g/mol. The Labute approximate surface area is 114 Å². The van der Waals surface area contributed by atoms with E-state index in [0.717, 1.165) is 18.7 Å². The summed E-state index contributed by atoms with van der Waals surface area (Å²) in [7, 11) is 0. The molecule has 4 heteroatoms. The van der Waals surface area contributed by atoms with Gasteiger partial charge in [0.2, 0.25) is 0 Å². The van der Waals surface area contributed by atoms with Gasteiger partial charge in [-0.05, 0) is 32.1 Å². The zero-order valence-corrected chi connectivity index (χ0v) is 11.6. The molecule has 1 saturated carbocycles. The van der Waals surface area contributed by atoms with E-state index in [0.29, 0.717) is 10.9 Å². The highest BCUT2D eigenvalue weighted by Crippen LogP contribution is 2.34. The molecule has 0 aromatic carbocycles. The average Bonchev–Trinajstić information content (AvgIpc) is 2.79. The largest absolute Gasteiger partial charge is 0.388 e. The molecule has 2 heterocycles. The van der Waals surface area contributed by atoms with Crippen LogP contribution < -0.4 is 5.73 Å². The molecule has 98 valence electrons. The summed E-state index contributed by atoms with van der Waals surface area (Å²) in [6.45, 7) is 1.11. The summed E-state index contributed by atoms with van der Waals surface area (Å²) in [5.74, 6) is 1.91. The topological polar surface area (TPSA) is 43.8 Å². The number of nitrogens with two attached hydrogens (primary N) is 1. The van der Waals surface area contributed by atoms with Crippen molar-refractivity contribution in [2.45, 2.75) is 63.8 Å². The molecule has 1 fully saturated rings. The lowest BCUT2D eigenvalue weighted by Gasteiger charge is -2.24. The molecule has 2 aliphatic rings. The second kappa shape index (κ2) is 5.00. The number of nitrogens with zero attached hydrogens (tertiary/aromatic N) is 2. The monoisotopic (exact) mass is 263 g/mol. The summed E-state index contributed by atoms with van der Waals surface area (Å²) < 4.78 is 2.42. The van der Waals surface area contributed by atoms with Gasteiger partial charge in [0.1, 0.15) is 16.5 Å². The quantitative estimate of drug-likeness (QED) is 0.834. The fourth-order valence-electron chi connectivity index (χ4n) is 3.44. The van der Waals surface area contributed by atoms with Crippen LogP contribution in [-0.2, 0) is 13.0 Å². The Balaban J connectivity index is 2.00. The Bertz CT molecular complexity index is 458. The number of rotatable bonds is 2. The van der Waals surface area contributed by atoms with E-state index in [9.17, 15) is 0 Å². The predicted molar refractivity (Wildman–Crippen MR) is 76.9 cm³/mol. The molecule has 0 amide bonds. The van der Waals surface area contributed by atoms with Crippen LogP contribution in [0, 0.1) is 0 Å². The van der Waals surface area contributed by atoms with Crippen molar-refractivity contribution in [3.8, 4) is 0 Å². The van der Waals surface area contributed by atoms with Gasteiger partial charge in [0.15, 0.2) is 0 Å². The zero-order valence-electron chi connectivity index (χ0n) is 10.8. The first-order chi connectivity index (χ1) is 8.77. The highest BCUT2D eigenvalue weighted by molar-refractivity contribution is 7.80. The number of hydrogen-bond acceptors (Lipinski definition) is 2. The molecule has 2 N–H and O–H groups in total. The first-order valence-corrected chi connectivity index (χ1v) is 7.57. The second-order valence-corrected chi connectivity index (χ2v) is 6.01. The van der Waals surface area contributed by atoms with Crippen LogP contribution in [0.5, 0.6) is 0 Å². The summed E-state index contributed by atoms with van der Waals surface area (Å²) in [6.07, 6.45) is 10.2. The van der Waals surface area contributed by atoms with Gasteiger partial charge in [0.05, 0.1) is 0 Å². The van der Waals surface area contributed by atoms with E-state index >= 15 is 0 Å². The van der Waals surface area contributed by atoms with E-state index in [1.807, 2.05) is 0 Å². The van der Waals surface area contributed by atoms with Gasteiger partial charge in [0, 0.05) is 18.2 Å². The van der Waals surface area contributed by atoms with Crippen LogP contribution in [0.3, 0.4) is 0 Å². The van der Waals surface area contributed by atoms with Crippen LogP contribution in [0.15, 0.2) is 0 Å². The van der Waals surface area contributed by atoms with Crippen molar-refractivity contribution in [3.05, 3.63) is 17.2 Å². The van der Waals surface area contributed by atoms with Gasteiger partial charge in [-0.2, -0.15) is 0 Å². The molecule has 0 atom stereocenters. The van der Waals surface area contributed by atoms with E-state index < -0.39 is 0 Å². The van der Waals surface area contributed by atoms with Gasteiger partial charge in [-0.15, -0.1) is 0 Å². The predicted octanol–water partition coefficient (Wildman–Crippen LogP) is 2.90. The number of hydrogen-bond donors (Lipinski definition) is 1. The third-order valence-corrected chi connectivity index (χ3v) is 4.54. The summed E-state index contributed by atoms with van der Waals surface area (Å²) in [5, 5.41) is 0. The summed E-state index contributed by atoms with van der Waals surface area (Å²) in [6, 6.07) is 0. The van der Waals surface area contributed by atoms with Gasteiger partial charge in [-0.25, -0.2) is 4.98 Å². The van der Waals surface area contributed by atoms with Gasteiger partial charge in [-0.3, -0.25) is 0 Å². The molecule has 18 heavy (non-hydrogen) atoms. The molecule has 1 aromatic heterocycles. The molecule has 0 unspecified atom stereocenters. The van der Waals surface area contributed by atoms with Crippen molar-refractivity contribution in [1.82, 2.24) is 9.55 Å². The van der Waals surface area contributed by atoms with E-state index in [1.165, 1.54) is 56.5 Å². The minimum absolute atomic E-state index is 0.475. The van der Waals surface area contributed by atoms with Crippen LogP contribution in [-0.4, -0.2) is 14.5 Å². The maximum absolute atomic E-state index is 5.84. The standard InChI is InChI=1S/C14H21N3S/c15-13(18)12-11-8-4-5-9-17(11)14(16-12)10-6-2-1-3-7-10/h10H,1-9H2,(H2,15,18). The molecule has 3 rings (SSSR count). The first kappa shape index (κ1) is 12.2. The van der Waals surface area contributed by atoms with Crippen LogP contribution >= 0.6 is 12.2 Å². The molecule has 1 aromatic rings. The van der Waals surface area contributed by atoms with Gasteiger partial charge < -0.3 is 10.3 Å². The van der Waals surface area contributed by atoms with Gasteiger partial charge >= 0.3 is 0 Å². The minimum atomic E-state index is 0.475. The van der Waals surface area contributed by atoms with Crippen molar-refractivity contribution in [2.75, 3.05) is 0 Å². The fraction of sp³-hybridized carbons (Fsp3) is 0.714. The lowest BCUT2D eigenvalue weighted by atomic mass is 9.88. The molecule has 1 aliphatic carbocycles. The SMILES string of the molecule is NC(=S)c1nc(C2CCCCC2)n2c1CCCC2. The van der Waals surface area contributed by atoms with E-state index in [2.05, 4.69) is 4.57 Å². The molecule has 0 spiro atoms. The van der Waals surface area contributed by atoms with Crippen molar-refractivity contribution < 1.29 is 0 Å². The summed E-state index contributed by atoms with van der Waals surface area (Å²) in [4.78, 5) is 5.29. The van der Waals surface area contributed by atoms with Crippen LogP contribution in [0.4, 0.5) is 0 Å². The Hall–Kier alpha value is -0.900. The number of aromatic nitrogens is 2. The minimum Gasteiger partial charge on any atom is -0.388 e. The Morgan fingerprint density at radius 1 is 1.17 bits per heavy atom. The fourth-order valence-corrected chi connectivity index (χ4v) is 3.60. The summed E-state index contributed by atoms with van der Waals surface area (Å²) >= 11 is 5.16. The van der Waals surface area contributed by atoms with Crippen LogP contribution in [0.1, 0.15) is 68.1 Å². The Morgan fingerprint density at radius 3 is 2.67 bits per heavy atom. The smallest absolute Gasteiger partial charge is 0.124 e. The lowest BCUT2D eigenvalue weighted by molar-refractivity contribution is 0.403. The Morgan fingerprint density at radius 2 is 1.94 bits per heavy atom. The Kier molecular flexibility index (Phi) is 3.37. The van der Waals surface area contributed by atoms with Gasteiger partial charge in [0.25, 0.3) is 0 Å². The molecular weight excluding hydrogens is 242 g/mol. The number of imidazole rings is 1. The highest BCUT2D eigenvalue weighted by Gasteiger charge is 2.26. The van der Waals surface area contributed by atoms with Gasteiger partial charge in [-0.1, -0.05) is 31.5 Å². The number of thiocarbonyl (C=S) groups is 1. The maximum atomic E-state index is 5.84. The molecule has 1 aliphatic heterocycles. The third-order valence-electron chi connectivity index (χ3n) is 4.35. The molecule has 0 bridgehead atoms. The maximum Gasteiger partial charge on any atom is 0.124 e. The molecule has 3 nitrogen and oxygen atoms in total. The third kappa shape index (κ3) is 2.07. The van der Waals surface area contributed by atoms with Crippen molar-refractivity contribution in [3.63, 3.8) is 0 Å². The number of fused-ring (bicyclic) bond motifs is 1. The lowest BCUT2D eigenvalue weighted by Crippen LogP contribution is -2.18. The highest BCUT2D eigenvalue weighted by atomic mass is 32.1. The van der Waals surface area contributed by atoms with E-state index in [4.69, 9.17) is 22.9 Å². The normalized spacial score (nSPS) is 20.7. The van der Waals surface area contributed by atoms with Crippen molar-refractivity contribution in [1.29, 1.82) is 0 Å². The van der Waals surface area contributed by atoms with E-state index in [-0.39, 0.29) is 0 Å². The summed E-state index contributed by atoms with van der Waals surface area (Å²) in [5.41, 5.74) is 8.04.